The number of methoxy groups -OCH3 is 1. The van der Waals surface area contributed by atoms with Gasteiger partial charge in [0.05, 0.1) is 6.10 Å². The fourth-order valence-corrected chi connectivity index (χ4v) is 2.60. The average molecular weight is 198 g/mol. The Labute approximate surface area is 86.8 Å². The van der Waals surface area contributed by atoms with Crippen molar-refractivity contribution in [3.8, 4) is 0 Å². The molecule has 0 aromatic heterocycles. The molecule has 14 heavy (non-hydrogen) atoms. The second-order valence-electron chi connectivity index (χ2n) is 4.80. The number of rotatable bonds is 3. The molecular formula is C11H22N2O. The van der Waals surface area contributed by atoms with Crippen LogP contribution in [0.1, 0.15) is 13.3 Å². The van der Waals surface area contributed by atoms with Crippen LogP contribution in [0, 0.1) is 11.8 Å². The van der Waals surface area contributed by atoms with E-state index in [1.165, 1.54) is 32.6 Å². The first-order chi connectivity index (χ1) is 6.79. The summed E-state index contributed by atoms with van der Waals surface area (Å²) in [7, 11) is 1.83. The molecule has 1 N–H and O–H groups in total. The lowest BCUT2D eigenvalue weighted by Crippen LogP contribution is -2.31. The van der Waals surface area contributed by atoms with Crippen LogP contribution in [-0.2, 0) is 4.74 Å². The molecule has 2 heterocycles. The third-order valence-corrected chi connectivity index (χ3v) is 3.73. The summed E-state index contributed by atoms with van der Waals surface area (Å²) >= 11 is 0. The Morgan fingerprint density at radius 2 is 2.29 bits per heavy atom. The van der Waals surface area contributed by atoms with Gasteiger partial charge in [-0.25, -0.2) is 0 Å². The summed E-state index contributed by atoms with van der Waals surface area (Å²) < 4.78 is 5.38. The third kappa shape index (κ3) is 2.27. The maximum atomic E-state index is 5.38. The molecule has 82 valence electrons. The van der Waals surface area contributed by atoms with Crippen molar-refractivity contribution in [3.63, 3.8) is 0 Å². The van der Waals surface area contributed by atoms with E-state index in [2.05, 4.69) is 17.1 Å². The maximum Gasteiger partial charge on any atom is 0.0710 e. The molecular weight excluding hydrogens is 176 g/mol. The molecule has 2 rings (SSSR count). The van der Waals surface area contributed by atoms with Crippen LogP contribution in [0.5, 0.6) is 0 Å². The Hall–Kier alpha value is -0.120. The number of ether oxygens (including phenoxy) is 1. The van der Waals surface area contributed by atoms with E-state index in [0.29, 0.717) is 6.10 Å². The molecule has 0 bridgehead atoms. The van der Waals surface area contributed by atoms with Gasteiger partial charge in [-0.3, -0.25) is 0 Å². The SMILES string of the molecule is COC1CCN(CC2CNCC2C)C1. The van der Waals surface area contributed by atoms with Gasteiger partial charge in [-0.1, -0.05) is 6.92 Å². The van der Waals surface area contributed by atoms with E-state index < -0.39 is 0 Å². The molecule has 0 aliphatic carbocycles. The van der Waals surface area contributed by atoms with Crippen LogP contribution in [0.2, 0.25) is 0 Å². The first kappa shape index (κ1) is 10.4. The number of nitrogens with zero attached hydrogens (tertiary/aromatic N) is 1. The highest BCUT2D eigenvalue weighted by molar-refractivity contribution is 4.84. The van der Waals surface area contributed by atoms with Crippen molar-refractivity contribution in [1.82, 2.24) is 10.2 Å². The monoisotopic (exact) mass is 198 g/mol. The number of likely N-dealkylation sites (tertiary alicyclic amines) is 1. The van der Waals surface area contributed by atoms with Gasteiger partial charge >= 0.3 is 0 Å². The molecule has 0 aromatic rings. The largest absolute Gasteiger partial charge is 0.380 e. The number of nitrogens with one attached hydrogen (secondary N) is 1. The summed E-state index contributed by atoms with van der Waals surface area (Å²) in [6.45, 7) is 8.38. The highest BCUT2D eigenvalue weighted by Crippen LogP contribution is 2.20. The zero-order chi connectivity index (χ0) is 9.97. The quantitative estimate of drug-likeness (QED) is 0.717. The summed E-state index contributed by atoms with van der Waals surface area (Å²) in [6, 6.07) is 0. The molecule has 2 aliphatic rings. The molecule has 2 aliphatic heterocycles. The van der Waals surface area contributed by atoms with Gasteiger partial charge in [0, 0.05) is 26.7 Å². The molecule has 3 heteroatoms. The van der Waals surface area contributed by atoms with Gasteiger partial charge in [0.1, 0.15) is 0 Å². The van der Waals surface area contributed by atoms with Crippen LogP contribution in [0.3, 0.4) is 0 Å². The standard InChI is InChI=1S/C11H22N2O/c1-9-5-12-6-10(9)7-13-4-3-11(8-13)14-2/h9-12H,3-8H2,1-2H3. The predicted molar refractivity (Wildman–Crippen MR) is 57.4 cm³/mol. The zero-order valence-electron chi connectivity index (χ0n) is 9.33. The van der Waals surface area contributed by atoms with Crippen LogP contribution in [0.4, 0.5) is 0 Å². The van der Waals surface area contributed by atoms with E-state index in [4.69, 9.17) is 4.74 Å². The van der Waals surface area contributed by atoms with Crippen LogP contribution < -0.4 is 5.32 Å². The van der Waals surface area contributed by atoms with Crippen molar-refractivity contribution in [2.24, 2.45) is 11.8 Å². The Bertz CT molecular complexity index is 186. The molecule has 0 saturated carbocycles. The van der Waals surface area contributed by atoms with Crippen LogP contribution >= 0.6 is 0 Å². The van der Waals surface area contributed by atoms with Crippen molar-refractivity contribution in [2.45, 2.75) is 19.4 Å². The van der Waals surface area contributed by atoms with Crippen molar-refractivity contribution in [3.05, 3.63) is 0 Å². The lowest BCUT2D eigenvalue weighted by atomic mass is 9.98. The van der Waals surface area contributed by atoms with E-state index in [1.807, 2.05) is 7.11 Å². The van der Waals surface area contributed by atoms with E-state index >= 15 is 0 Å². The third-order valence-electron chi connectivity index (χ3n) is 3.73. The van der Waals surface area contributed by atoms with E-state index in [0.717, 1.165) is 18.4 Å². The summed E-state index contributed by atoms with van der Waals surface area (Å²) in [5.74, 6) is 1.70. The minimum Gasteiger partial charge on any atom is -0.380 e. The van der Waals surface area contributed by atoms with E-state index in [9.17, 15) is 0 Å². The molecule has 2 fully saturated rings. The Balaban J connectivity index is 1.75. The van der Waals surface area contributed by atoms with Crippen molar-refractivity contribution >= 4 is 0 Å². The molecule has 2 saturated heterocycles. The van der Waals surface area contributed by atoms with E-state index in [1.54, 1.807) is 0 Å². The van der Waals surface area contributed by atoms with Crippen molar-refractivity contribution in [2.75, 3.05) is 39.8 Å². The minimum atomic E-state index is 0.486. The molecule has 0 aromatic carbocycles. The zero-order valence-corrected chi connectivity index (χ0v) is 9.33. The van der Waals surface area contributed by atoms with Crippen molar-refractivity contribution in [1.29, 1.82) is 0 Å². The summed E-state index contributed by atoms with van der Waals surface area (Å²) in [4.78, 5) is 2.56. The maximum absolute atomic E-state index is 5.38. The second-order valence-corrected chi connectivity index (χ2v) is 4.80. The highest BCUT2D eigenvalue weighted by Gasteiger charge is 2.28. The number of hydrogen-bond donors (Lipinski definition) is 1. The van der Waals surface area contributed by atoms with Gasteiger partial charge in [-0.05, 0) is 31.3 Å². The van der Waals surface area contributed by atoms with Gasteiger partial charge in [0.15, 0.2) is 0 Å². The predicted octanol–water partition coefficient (Wildman–Crippen LogP) is 0.563. The molecule has 3 nitrogen and oxygen atoms in total. The van der Waals surface area contributed by atoms with Crippen LogP contribution in [0.25, 0.3) is 0 Å². The van der Waals surface area contributed by atoms with Gasteiger partial charge < -0.3 is 15.0 Å². The summed E-state index contributed by atoms with van der Waals surface area (Å²) in [5.41, 5.74) is 0. The Morgan fingerprint density at radius 1 is 1.43 bits per heavy atom. The van der Waals surface area contributed by atoms with Gasteiger partial charge in [-0.15, -0.1) is 0 Å². The topological polar surface area (TPSA) is 24.5 Å². The highest BCUT2D eigenvalue weighted by atomic mass is 16.5. The summed E-state index contributed by atoms with van der Waals surface area (Å²) in [6.07, 6.45) is 1.70. The smallest absolute Gasteiger partial charge is 0.0710 e. The Kier molecular flexibility index (Phi) is 3.42. The lowest BCUT2D eigenvalue weighted by molar-refractivity contribution is 0.105. The van der Waals surface area contributed by atoms with Gasteiger partial charge in [-0.2, -0.15) is 0 Å². The molecule has 0 radical (unpaired) electrons. The fourth-order valence-electron chi connectivity index (χ4n) is 2.60. The average Bonchev–Trinajstić information content (AvgIpc) is 2.77. The minimum absolute atomic E-state index is 0.486. The van der Waals surface area contributed by atoms with E-state index in [-0.39, 0.29) is 0 Å². The first-order valence-corrected chi connectivity index (χ1v) is 5.75. The molecule has 3 unspecified atom stereocenters. The lowest BCUT2D eigenvalue weighted by Gasteiger charge is -2.22. The molecule has 0 spiro atoms. The van der Waals surface area contributed by atoms with Gasteiger partial charge in [0.25, 0.3) is 0 Å². The first-order valence-electron chi connectivity index (χ1n) is 5.75. The normalized spacial score (nSPS) is 39.4. The Morgan fingerprint density at radius 3 is 2.86 bits per heavy atom. The number of hydrogen-bond acceptors (Lipinski definition) is 3. The van der Waals surface area contributed by atoms with Gasteiger partial charge in [0.2, 0.25) is 0 Å². The van der Waals surface area contributed by atoms with Crippen LogP contribution in [0.15, 0.2) is 0 Å². The fraction of sp³-hybridized carbons (Fsp3) is 1.00. The molecule has 3 atom stereocenters. The van der Waals surface area contributed by atoms with Crippen molar-refractivity contribution < 1.29 is 4.74 Å². The summed E-state index contributed by atoms with van der Waals surface area (Å²) in [5, 5.41) is 3.46. The molecule has 0 amide bonds. The second kappa shape index (κ2) is 4.60. The van der Waals surface area contributed by atoms with Crippen LogP contribution in [-0.4, -0.2) is 50.8 Å².